The van der Waals surface area contributed by atoms with E-state index in [1.54, 1.807) is 11.3 Å². The van der Waals surface area contributed by atoms with Crippen molar-refractivity contribution < 1.29 is 0 Å². The number of fused-ring (bicyclic) bond motifs is 1. The Labute approximate surface area is 61.9 Å². The highest BCUT2D eigenvalue weighted by Crippen LogP contribution is 2.21. The predicted molar refractivity (Wildman–Crippen MR) is 41.9 cm³/mol. The lowest BCUT2D eigenvalue weighted by molar-refractivity contribution is 0.959. The van der Waals surface area contributed by atoms with Gasteiger partial charge in [0.05, 0.1) is 10.4 Å². The van der Waals surface area contributed by atoms with Crippen LogP contribution in [0.25, 0.3) is 10.2 Å². The summed E-state index contributed by atoms with van der Waals surface area (Å²) in [5.41, 5.74) is 7.51. The van der Waals surface area contributed by atoms with Crippen molar-refractivity contribution in [2.24, 2.45) is 5.73 Å². The minimum atomic E-state index is 0.539. The number of nitrogens with zero attached hydrogens (tertiary/aromatic N) is 1. The number of aromatic amines is 1. The summed E-state index contributed by atoms with van der Waals surface area (Å²) in [5.74, 6) is 0. The molecule has 0 atom stereocenters. The van der Waals surface area contributed by atoms with Crippen molar-refractivity contribution in [2.45, 2.75) is 6.54 Å². The normalized spacial score (nSPS) is 10.9. The first kappa shape index (κ1) is 5.88. The number of thiophene rings is 1. The highest BCUT2D eigenvalue weighted by atomic mass is 32.1. The lowest BCUT2D eigenvalue weighted by atomic mass is 10.4. The van der Waals surface area contributed by atoms with Crippen molar-refractivity contribution in [1.29, 1.82) is 0 Å². The van der Waals surface area contributed by atoms with Crippen LogP contribution in [-0.2, 0) is 6.54 Å². The Morgan fingerprint density at radius 2 is 2.60 bits per heavy atom. The van der Waals surface area contributed by atoms with Crippen molar-refractivity contribution >= 4 is 21.6 Å². The highest BCUT2D eigenvalue weighted by molar-refractivity contribution is 7.17. The molecule has 0 fully saturated rings. The van der Waals surface area contributed by atoms with Crippen molar-refractivity contribution in [2.75, 3.05) is 0 Å². The summed E-state index contributed by atoms with van der Waals surface area (Å²) in [6.07, 6.45) is 0. The van der Waals surface area contributed by atoms with E-state index in [2.05, 4.69) is 10.2 Å². The lowest BCUT2D eigenvalue weighted by Crippen LogP contribution is -1.95. The van der Waals surface area contributed by atoms with Crippen LogP contribution in [0.5, 0.6) is 0 Å². The molecule has 0 unspecified atom stereocenters. The summed E-state index contributed by atoms with van der Waals surface area (Å²) >= 11 is 1.67. The molecule has 10 heavy (non-hydrogen) atoms. The van der Waals surface area contributed by atoms with E-state index in [1.807, 2.05) is 11.4 Å². The van der Waals surface area contributed by atoms with Gasteiger partial charge in [-0.3, -0.25) is 5.10 Å². The van der Waals surface area contributed by atoms with Crippen molar-refractivity contribution in [1.82, 2.24) is 10.2 Å². The Bertz CT molecular complexity index is 335. The van der Waals surface area contributed by atoms with E-state index in [0.29, 0.717) is 6.54 Å². The Balaban J connectivity index is 2.76. The Kier molecular flexibility index (Phi) is 1.22. The van der Waals surface area contributed by atoms with Gasteiger partial charge < -0.3 is 5.73 Å². The zero-order chi connectivity index (χ0) is 6.97. The first-order chi connectivity index (χ1) is 4.92. The van der Waals surface area contributed by atoms with E-state index in [-0.39, 0.29) is 0 Å². The molecule has 0 aromatic carbocycles. The zero-order valence-corrected chi connectivity index (χ0v) is 6.11. The molecule has 0 amide bonds. The molecule has 0 bridgehead atoms. The van der Waals surface area contributed by atoms with E-state index in [9.17, 15) is 0 Å². The predicted octanol–water partition coefficient (Wildman–Crippen LogP) is 1.08. The summed E-state index contributed by atoms with van der Waals surface area (Å²) < 4.78 is 1.18. The van der Waals surface area contributed by atoms with E-state index in [4.69, 9.17) is 5.73 Å². The molecule has 0 saturated carbocycles. The van der Waals surface area contributed by atoms with Gasteiger partial charge in [-0.2, -0.15) is 5.10 Å². The monoisotopic (exact) mass is 153 g/mol. The zero-order valence-electron chi connectivity index (χ0n) is 5.29. The number of aromatic nitrogens is 2. The summed E-state index contributed by atoms with van der Waals surface area (Å²) in [6, 6.07) is 1.98. The number of nitrogens with two attached hydrogens (primary N) is 1. The number of hydrogen-bond donors (Lipinski definition) is 2. The van der Waals surface area contributed by atoms with Gasteiger partial charge in [0, 0.05) is 6.54 Å². The second-order valence-electron chi connectivity index (χ2n) is 2.04. The fourth-order valence-electron chi connectivity index (χ4n) is 0.933. The van der Waals surface area contributed by atoms with Gasteiger partial charge in [-0.05, 0) is 11.4 Å². The molecule has 0 spiro atoms. The molecule has 0 saturated heterocycles. The number of nitrogens with one attached hydrogen (secondary N) is 1. The van der Waals surface area contributed by atoms with Gasteiger partial charge in [0.15, 0.2) is 0 Å². The lowest BCUT2D eigenvalue weighted by Gasteiger charge is -1.84. The van der Waals surface area contributed by atoms with Crippen LogP contribution in [0.1, 0.15) is 5.69 Å². The average Bonchev–Trinajstić information content (AvgIpc) is 2.44. The fraction of sp³-hybridized carbons (Fsp3) is 0.167. The SMILES string of the molecule is NCc1[nH]nc2ccsc12. The van der Waals surface area contributed by atoms with Crippen LogP contribution in [-0.4, -0.2) is 10.2 Å². The van der Waals surface area contributed by atoms with Crippen molar-refractivity contribution in [3.63, 3.8) is 0 Å². The fourth-order valence-corrected chi connectivity index (χ4v) is 1.77. The molecule has 3 nitrogen and oxygen atoms in total. The molecule has 0 radical (unpaired) electrons. The first-order valence-electron chi connectivity index (χ1n) is 3.02. The second kappa shape index (κ2) is 2.07. The van der Waals surface area contributed by atoms with E-state index >= 15 is 0 Å². The molecule has 0 aliphatic rings. The smallest absolute Gasteiger partial charge is 0.103 e. The van der Waals surface area contributed by atoms with E-state index in [1.165, 1.54) is 4.70 Å². The maximum atomic E-state index is 5.45. The molecular weight excluding hydrogens is 146 g/mol. The van der Waals surface area contributed by atoms with Crippen molar-refractivity contribution in [3.8, 4) is 0 Å². The minimum Gasteiger partial charge on any atom is -0.325 e. The number of H-pyrrole nitrogens is 1. The molecule has 2 heterocycles. The van der Waals surface area contributed by atoms with Gasteiger partial charge in [0.25, 0.3) is 0 Å². The average molecular weight is 153 g/mol. The summed E-state index contributed by atoms with van der Waals surface area (Å²) in [6.45, 7) is 0.539. The summed E-state index contributed by atoms with van der Waals surface area (Å²) in [5, 5.41) is 8.95. The number of hydrogen-bond acceptors (Lipinski definition) is 3. The van der Waals surface area contributed by atoms with Crippen LogP contribution in [0.3, 0.4) is 0 Å². The van der Waals surface area contributed by atoms with Gasteiger partial charge in [0.1, 0.15) is 5.52 Å². The summed E-state index contributed by atoms with van der Waals surface area (Å²) in [4.78, 5) is 0. The Morgan fingerprint density at radius 1 is 1.70 bits per heavy atom. The maximum absolute atomic E-state index is 5.45. The molecule has 0 aliphatic heterocycles. The van der Waals surface area contributed by atoms with Gasteiger partial charge in [0.2, 0.25) is 0 Å². The topological polar surface area (TPSA) is 54.7 Å². The second-order valence-corrected chi connectivity index (χ2v) is 2.96. The first-order valence-corrected chi connectivity index (χ1v) is 3.90. The maximum Gasteiger partial charge on any atom is 0.103 e. The summed E-state index contributed by atoms with van der Waals surface area (Å²) in [7, 11) is 0. The highest BCUT2D eigenvalue weighted by Gasteiger charge is 2.02. The van der Waals surface area contributed by atoms with E-state index < -0.39 is 0 Å². The molecule has 52 valence electrons. The third-order valence-corrected chi connectivity index (χ3v) is 2.40. The van der Waals surface area contributed by atoms with Gasteiger partial charge >= 0.3 is 0 Å². The molecule has 2 aromatic heterocycles. The Hall–Kier alpha value is -0.870. The van der Waals surface area contributed by atoms with Crippen LogP contribution in [0.2, 0.25) is 0 Å². The van der Waals surface area contributed by atoms with E-state index in [0.717, 1.165) is 11.2 Å². The van der Waals surface area contributed by atoms with Crippen LogP contribution in [0.15, 0.2) is 11.4 Å². The molecule has 4 heteroatoms. The van der Waals surface area contributed by atoms with Gasteiger partial charge in [-0.15, -0.1) is 11.3 Å². The van der Waals surface area contributed by atoms with Gasteiger partial charge in [-0.25, -0.2) is 0 Å². The largest absolute Gasteiger partial charge is 0.325 e. The molecular formula is C6H7N3S. The Morgan fingerprint density at radius 3 is 3.40 bits per heavy atom. The quantitative estimate of drug-likeness (QED) is 0.644. The van der Waals surface area contributed by atoms with Crippen LogP contribution < -0.4 is 5.73 Å². The van der Waals surface area contributed by atoms with Crippen LogP contribution in [0.4, 0.5) is 0 Å². The number of rotatable bonds is 1. The standard InChI is InChI=1S/C6H7N3S/c7-3-5-6-4(8-9-5)1-2-10-6/h1-2H,3,7H2,(H,8,9). The molecule has 0 aliphatic carbocycles. The minimum absolute atomic E-state index is 0.539. The third kappa shape index (κ3) is 0.661. The van der Waals surface area contributed by atoms with Gasteiger partial charge in [-0.1, -0.05) is 0 Å². The van der Waals surface area contributed by atoms with Crippen molar-refractivity contribution in [3.05, 3.63) is 17.1 Å². The molecule has 2 aromatic rings. The molecule has 2 rings (SSSR count). The molecule has 3 N–H and O–H groups in total. The van der Waals surface area contributed by atoms with Crippen LogP contribution >= 0.6 is 11.3 Å². The third-order valence-electron chi connectivity index (χ3n) is 1.43. The van der Waals surface area contributed by atoms with Crippen LogP contribution in [0, 0.1) is 0 Å².